The number of halogens is 3. The van der Waals surface area contributed by atoms with Crippen LogP contribution in [0, 0.1) is 18.2 Å². The Balaban J connectivity index is 1.77. The van der Waals surface area contributed by atoms with Crippen molar-refractivity contribution >= 4 is 23.2 Å². The fourth-order valence-corrected chi connectivity index (χ4v) is 6.03. The van der Waals surface area contributed by atoms with Crippen molar-refractivity contribution < 1.29 is 9.13 Å². The number of hydrogen-bond acceptors (Lipinski definition) is 1. The Kier molecular flexibility index (Phi) is 3.70. The monoisotopic (exact) mass is 412 g/mol. The van der Waals surface area contributed by atoms with Gasteiger partial charge in [-0.15, -0.1) is 0 Å². The van der Waals surface area contributed by atoms with Gasteiger partial charge in [-0.3, -0.25) is 0 Å². The smallest absolute Gasteiger partial charge is 0.177 e. The summed E-state index contributed by atoms with van der Waals surface area (Å²) < 4.78 is 19.0. The molecule has 0 bridgehead atoms. The van der Waals surface area contributed by atoms with E-state index in [1.165, 1.54) is 12.1 Å². The van der Waals surface area contributed by atoms with E-state index in [-0.39, 0.29) is 11.7 Å². The van der Waals surface area contributed by atoms with Crippen molar-refractivity contribution in [3.05, 3.63) is 101 Å². The lowest BCUT2D eigenvalue weighted by atomic mass is 9.74. The molecule has 0 aromatic heterocycles. The van der Waals surface area contributed by atoms with Gasteiger partial charge in [0.1, 0.15) is 11.6 Å². The highest BCUT2D eigenvalue weighted by Crippen LogP contribution is 2.85. The second kappa shape index (κ2) is 5.75. The van der Waals surface area contributed by atoms with Crippen molar-refractivity contribution in [1.29, 1.82) is 0 Å². The number of alkyl halides is 2. The van der Waals surface area contributed by atoms with E-state index in [2.05, 4.69) is 6.92 Å². The maximum absolute atomic E-state index is 13.6. The summed E-state index contributed by atoms with van der Waals surface area (Å²) in [5.74, 6) is 0.366. The zero-order chi connectivity index (χ0) is 19.7. The number of para-hydroxylation sites is 1. The molecule has 3 aromatic carbocycles. The van der Waals surface area contributed by atoms with Gasteiger partial charge in [0.05, 0.1) is 5.41 Å². The van der Waals surface area contributed by atoms with Crippen LogP contribution in [0.15, 0.2) is 72.8 Å². The van der Waals surface area contributed by atoms with Gasteiger partial charge in [-0.25, -0.2) is 4.39 Å². The van der Waals surface area contributed by atoms with Crippen LogP contribution in [0.1, 0.15) is 35.1 Å². The minimum absolute atomic E-state index is 0.130. The first-order chi connectivity index (χ1) is 13.3. The van der Waals surface area contributed by atoms with Crippen molar-refractivity contribution in [2.24, 2.45) is 5.41 Å². The van der Waals surface area contributed by atoms with Crippen LogP contribution in [0.3, 0.4) is 0 Å². The third kappa shape index (κ3) is 2.03. The Morgan fingerprint density at radius 3 is 2.21 bits per heavy atom. The van der Waals surface area contributed by atoms with Crippen LogP contribution in [0.4, 0.5) is 4.39 Å². The first-order valence-electron chi connectivity index (χ1n) is 9.31. The van der Waals surface area contributed by atoms with Crippen LogP contribution in [0.5, 0.6) is 5.75 Å². The fourth-order valence-electron chi connectivity index (χ4n) is 4.96. The average molecular weight is 413 g/mol. The summed E-state index contributed by atoms with van der Waals surface area (Å²) in [6, 6.07) is 22.7. The molecule has 4 heteroatoms. The van der Waals surface area contributed by atoms with Crippen LogP contribution in [-0.2, 0) is 5.60 Å². The number of fused-ring (bicyclic) bond motifs is 2. The van der Waals surface area contributed by atoms with Crippen molar-refractivity contribution in [3.8, 4) is 5.75 Å². The van der Waals surface area contributed by atoms with Crippen LogP contribution < -0.4 is 4.74 Å². The van der Waals surface area contributed by atoms with Crippen LogP contribution in [-0.4, -0.2) is 4.33 Å². The van der Waals surface area contributed by atoms with E-state index in [4.69, 9.17) is 27.9 Å². The molecular weight excluding hydrogens is 394 g/mol. The van der Waals surface area contributed by atoms with E-state index in [9.17, 15) is 4.39 Å². The largest absolute Gasteiger partial charge is 0.478 e. The van der Waals surface area contributed by atoms with Gasteiger partial charge in [-0.1, -0.05) is 90.3 Å². The molecule has 1 aliphatic heterocycles. The van der Waals surface area contributed by atoms with Gasteiger partial charge in [0.15, 0.2) is 9.93 Å². The van der Waals surface area contributed by atoms with Gasteiger partial charge >= 0.3 is 0 Å². The SMILES string of the molecule is Cc1ccc([C@]23Oc4ccccc4[C@@H](c4ccc(F)cc4)[C@]2(C)C3(Cl)Cl)cc1. The van der Waals surface area contributed by atoms with Gasteiger partial charge < -0.3 is 4.74 Å². The molecule has 1 saturated carbocycles. The molecule has 0 unspecified atom stereocenters. The molecule has 142 valence electrons. The molecule has 0 N–H and O–H groups in total. The van der Waals surface area contributed by atoms with Crippen molar-refractivity contribution in [2.75, 3.05) is 0 Å². The minimum Gasteiger partial charge on any atom is -0.478 e. The van der Waals surface area contributed by atoms with Crippen LogP contribution in [0.2, 0.25) is 0 Å². The quantitative estimate of drug-likeness (QED) is 0.423. The van der Waals surface area contributed by atoms with Crippen LogP contribution >= 0.6 is 23.2 Å². The standard InChI is InChI=1S/C24H19Cl2FO/c1-15-7-11-17(12-8-15)23-22(2,24(23,25)26)21(16-9-13-18(27)14-10-16)19-5-3-4-6-20(19)28-23/h3-14,21H,1-2H3/t21-,22+,23+/m1/s1. The molecule has 0 radical (unpaired) electrons. The normalized spacial score (nSPS) is 29.4. The lowest BCUT2D eigenvalue weighted by Gasteiger charge is -2.36. The minimum atomic E-state index is -1.15. The molecule has 0 spiro atoms. The fraction of sp³-hybridized carbons (Fsp3) is 0.250. The Bertz CT molecular complexity index is 1060. The van der Waals surface area contributed by atoms with Gasteiger partial charge in [0.25, 0.3) is 0 Å². The van der Waals surface area contributed by atoms with Gasteiger partial charge in [0.2, 0.25) is 0 Å². The van der Waals surface area contributed by atoms with Crippen molar-refractivity contribution in [1.82, 2.24) is 0 Å². The number of benzene rings is 3. The Hall–Kier alpha value is -2.03. The van der Waals surface area contributed by atoms with E-state index in [0.717, 1.165) is 28.0 Å². The molecule has 1 heterocycles. The van der Waals surface area contributed by atoms with Gasteiger partial charge in [-0.2, -0.15) is 0 Å². The summed E-state index contributed by atoms with van der Waals surface area (Å²) in [5.41, 5.74) is 2.59. The molecule has 28 heavy (non-hydrogen) atoms. The molecule has 1 fully saturated rings. The van der Waals surface area contributed by atoms with Crippen molar-refractivity contribution in [3.63, 3.8) is 0 Å². The molecule has 5 rings (SSSR count). The molecule has 1 aliphatic carbocycles. The van der Waals surface area contributed by atoms with E-state index in [0.29, 0.717) is 0 Å². The van der Waals surface area contributed by atoms with E-state index >= 15 is 0 Å². The maximum Gasteiger partial charge on any atom is 0.177 e. The molecule has 0 saturated heterocycles. The van der Waals surface area contributed by atoms with E-state index in [1.807, 2.05) is 67.6 Å². The molecule has 2 aliphatic rings. The molecule has 3 atom stereocenters. The number of rotatable bonds is 2. The maximum atomic E-state index is 13.6. The third-order valence-corrected chi connectivity index (χ3v) is 7.81. The number of hydrogen-bond donors (Lipinski definition) is 0. The van der Waals surface area contributed by atoms with Gasteiger partial charge in [-0.05, 0) is 36.2 Å². The second-order valence-corrected chi connectivity index (χ2v) is 9.28. The first-order valence-corrected chi connectivity index (χ1v) is 10.1. The molecule has 0 amide bonds. The summed E-state index contributed by atoms with van der Waals surface area (Å²) in [5, 5.41) is 0. The molecule has 1 nitrogen and oxygen atoms in total. The summed E-state index contributed by atoms with van der Waals surface area (Å²) in [7, 11) is 0. The van der Waals surface area contributed by atoms with Crippen molar-refractivity contribution in [2.45, 2.75) is 29.7 Å². The highest BCUT2D eigenvalue weighted by Gasteiger charge is 2.91. The Morgan fingerprint density at radius 1 is 0.893 bits per heavy atom. The highest BCUT2D eigenvalue weighted by molar-refractivity contribution is 6.53. The summed E-state index contributed by atoms with van der Waals surface area (Å²) in [4.78, 5) is 0. The lowest BCUT2D eigenvalue weighted by Crippen LogP contribution is -2.33. The lowest BCUT2D eigenvalue weighted by molar-refractivity contribution is 0.102. The van der Waals surface area contributed by atoms with E-state index in [1.54, 1.807) is 0 Å². The summed E-state index contributed by atoms with van der Waals surface area (Å²) >= 11 is 14.0. The van der Waals surface area contributed by atoms with Crippen LogP contribution in [0.25, 0.3) is 0 Å². The molecule has 3 aromatic rings. The number of aryl methyl sites for hydroxylation is 1. The summed E-state index contributed by atoms with van der Waals surface area (Å²) in [6.07, 6.45) is 0. The summed E-state index contributed by atoms with van der Waals surface area (Å²) in [6.45, 7) is 4.11. The predicted octanol–water partition coefficient (Wildman–Crippen LogP) is 6.75. The second-order valence-electron chi connectivity index (χ2n) is 7.95. The average Bonchev–Trinajstić information content (AvgIpc) is 3.09. The van der Waals surface area contributed by atoms with E-state index < -0.39 is 15.3 Å². The zero-order valence-corrected chi connectivity index (χ0v) is 17.1. The first kappa shape index (κ1) is 18.0. The Labute approximate surface area is 174 Å². The molecular formula is C24H19Cl2FO. The zero-order valence-electron chi connectivity index (χ0n) is 15.5. The topological polar surface area (TPSA) is 9.23 Å². The highest BCUT2D eigenvalue weighted by atomic mass is 35.5. The van der Waals surface area contributed by atoms with Gasteiger partial charge in [0, 0.05) is 11.5 Å². The predicted molar refractivity (Wildman–Crippen MR) is 111 cm³/mol. The number of ether oxygens (including phenoxy) is 1. The Morgan fingerprint density at radius 2 is 1.54 bits per heavy atom. The third-order valence-electron chi connectivity index (χ3n) is 6.50.